The fourth-order valence-electron chi connectivity index (χ4n) is 2.46. The number of rotatable bonds is 8. The van der Waals surface area contributed by atoms with Crippen LogP contribution >= 0.6 is 38.9 Å². The molecule has 0 aliphatic heterocycles. The van der Waals surface area contributed by atoms with E-state index in [1.807, 2.05) is 0 Å². The molecule has 0 amide bonds. The quantitative estimate of drug-likeness (QED) is 0.602. The van der Waals surface area contributed by atoms with E-state index in [-0.39, 0.29) is 0 Å². The summed E-state index contributed by atoms with van der Waals surface area (Å²) in [5.41, 5.74) is 0. The second kappa shape index (κ2) is 8.57. The average molecular weight is 353 g/mol. The Hall–Kier alpha value is 0.430. The van der Waals surface area contributed by atoms with Gasteiger partial charge in [-0.3, -0.25) is 0 Å². The van der Waals surface area contributed by atoms with Crippen molar-refractivity contribution in [2.75, 3.05) is 6.54 Å². The minimum atomic E-state index is 0.448. The third-order valence-corrected chi connectivity index (χ3v) is 5.74. The van der Waals surface area contributed by atoms with Crippen LogP contribution in [0.4, 0.5) is 0 Å². The van der Waals surface area contributed by atoms with Gasteiger partial charge in [-0.05, 0) is 47.3 Å². The number of halogens is 2. The monoisotopic (exact) mass is 351 g/mol. The first-order valence-electron chi connectivity index (χ1n) is 6.82. The molecule has 0 fully saturated rings. The van der Waals surface area contributed by atoms with Crippen molar-refractivity contribution in [2.45, 2.75) is 52.5 Å². The highest BCUT2D eigenvalue weighted by Gasteiger charge is 2.23. The molecule has 104 valence electrons. The first-order valence-corrected chi connectivity index (χ1v) is 8.80. The Morgan fingerprint density at radius 3 is 2.28 bits per heavy atom. The molecule has 1 aromatic heterocycles. The van der Waals surface area contributed by atoms with Gasteiger partial charge >= 0.3 is 0 Å². The van der Waals surface area contributed by atoms with E-state index < -0.39 is 0 Å². The molecule has 0 radical (unpaired) electrons. The van der Waals surface area contributed by atoms with Crippen molar-refractivity contribution >= 4 is 38.9 Å². The van der Waals surface area contributed by atoms with E-state index in [0.29, 0.717) is 12.0 Å². The zero-order valence-electron chi connectivity index (χ0n) is 11.4. The summed E-state index contributed by atoms with van der Waals surface area (Å²) in [6, 6.07) is 2.63. The van der Waals surface area contributed by atoms with Crippen LogP contribution in [0.3, 0.4) is 0 Å². The summed E-state index contributed by atoms with van der Waals surface area (Å²) in [5, 5.41) is 3.64. The Morgan fingerprint density at radius 2 is 1.89 bits per heavy atom. The molecule has 0 spiro atoms. The van der Waals surface area contributed by atoms with Crippen LogP contribution in [-0.2, 0) is 0 Å². The highest BCUT2D eigenvalue weighted by atomic mass is 79.9. The van der Waals surface area contributed by atoms with E-state index in [9.17, 15) is 0 Å². The maximum Gasteiger partial charge on any atom is 0.107 e. The van der Waals surface area contributed by atoms with E-state index in [2.05, 4.69) is 48.1 Å². The molecule has 0 saturated carbocycles. The lowest BCUT2D eigenvalue weighted by atomic mass is 9.89. The molecular formula is C14H23BrClNS. The number of nitrogens with one attached hydrogen (secondary N) is 1. The van der Waals surface area contributed by atoms with Gasteiger partial charge in [0.1, 0.15) is 4.34 Å². The fourth-order valence-corrected chi connectivity index (χ4v) is 4.36. The molecule has 1 nitrogen and oxygen atoms in total. The van der Waals surface area contributed by atoms with Crippen LogP contribution in [-0.4, -0.2) is 6.54 Å². The summed E-state index contributed by atoms with van der Waals surface area (Å²) in [7, 11) is 0. The van der Waals surface area contributed by atoms with E-state index in [0.717, 1.165) is 15.4 Å². The van der Waals surface area contributed by atoms with E-state index in [1.165, 1.54) is 30.6 Å². The third-order valence-electron chi connectivity index (χ3n) is 3.19. The van der Waals surface area contributed by atoms with Crippen molar-refractivity contribution in [3.8, 4) is 0 Å². The highest BCUT2D eigenvalue weighted by molar-refractivity contribution is 9.10. The Kier molecular flexibility index (Phi) is 7.85. The molecule has 1 N–H and O–H groups in total. The molecule has 0 saturated heterocycles. The zero-order chi connectivity index (χ0) is 13.5. The van der Waals surface area contributed by atoms with Gasteiger partial charge in [-0.15, -0.1) is 11.3 Å². The third kappa shape index (κ3) is 4.52. The van der Waals surface area contributed by atoms with E-state index >= 15 is 0 Å². The standard InChI is InChI=1S/C14H23BrClNS/c1-4-7-10(8-5-2)13(17-6-3)12-9-11(15)14(16)18-12/h9-10,13,17H,4-8H2,1-3H3. The van der Waals surface area contributed by atoms with Gasteiger partial charge in [-0.25, -0.2) is 0 Å². The summed E-state index contributed by atoms with van der Waals surface area (Å²) in [4.78, 5) is 1.36. The van der Waals surface area contributed by atoms with Crippen molar-refractivity contribution in [1.29, 1.82) is 0 Å². The Bertz CT molecular complexity index is 328. The average Bonchev–Trinajstić information content (AvgIpc) is 2.66. The van der Waals surface area contributed by atoms with Gasteiger partial charge in [0.25, 0.3) is 0 Å². The topological polar surface area (TPSA) is 12.0 Å². The smallest absolute Gasteiger partial charge is 0.107 e. The summed E-state index contributed by atoms with van der Waals surface area (Å²) in [5.74, 6) is 0.710. The van der Waals surface area contributed by atoms with Crippen molar-refractivity contribution in [1.82, 2.24) is 5.32 Å². The Morgan fingerprint density at radius 1 is 1.28 bits per heavy atom. The fraction of sp³-hybridized carbons (Fsp3) is 0.714. The molecule has 1 atom stereocenters. The molecule has 1 heterocycles. The zero-order valence-corrected chi connectivity index (χ0v) is 14.6. The lowest BCUT2D eigenvalue weighted by Gasteiger charge is -2.26. The molecule has 0 aromatic carbocycles. The molecular weight excluding hydrogens is 330 g/mol. The van der Waals surface area contributed by atoms with Crippen LogP contribution in [0.15, 0.2) is 10.5 Å². The van der Waals surface area contributed by atoms with Gasteiger partial charge in [-0.1, -0.05) is 45.2 Å². The normalized spacial score (nSPS) is 13.2. The first-order chi connectivity index (χ1) is 8.63. The van der Waals surface area contributed by atoms with Crippen LogP contribution in [0.2, 0.25) is 4.34 Å². The molecule has 1 aromatic rings. The summed E-state index contributed by atoms with van der Waals surface area (Å²) in [6.45, 7) is 7.71. The van der Waals surface area contributed by atoms with Crippen LogP contribution in [0.1, 0.15) is 57.4 Å². The largest absolute Gasteiger partial charge is 0.309 e. The first kappa shape index (κ1) is 16.5. The summed E-state index contributed by atoms with van der Waals surface area (Å²) >= 11 is 11.4. The number of hydrogen-bond donors (Lipinski definition) is 1. The number of hydrogen-bond acceptors (Lipinski definition) is 2. The predicted octanol–water partition coefficient (Wildman–Crippen LogP) is 6.03. The van der Waals surface area contributed by atoms with Gasteiger partial charge in [0.2, 0.25) is 0 Å². The van der Waals surface area contributed by atoms with Crippen LogP contribution in [0.25, 0.3) is 0 Å². The number of thiophene rings is 1. The Labute approximate surface area is 128 Å². The van der Waals surface area contributed by atoms with Gasteiger partial charge < -0.3 is 5.32 Å². The molecule has 0 aliphatic carbocycles. The van der Waals surface area contributed by atoms with Gasteiger partial charge in [-0.2, -0.15) is 0 Å². The van der Waals surface area contributed by atoms with Crippen LogP contribution in [0, 0.1) is 5.92 Å². The van der Waals surface area contributed by atoms with E-state index in [4.69, 9.17) is 11.6 Å². The van der Waals surface area contributed by atoms with Crippen molar-refractivity contribution < 1.29 is 0 Å². The maximum atomic E-state index is 6.18. The van der Waals surface area contributed by atoms with Gasteiger partial charge in [0.05, 0.1) is 0 Å². The van der Waals surface area contributed by atoms with Crippen molar-refractivity contribution in [3.63, 3.8) is 0 Å². The second-order valence-electron chi connectivity index (χ2n) is 4.64. The lowest BCUT2D eigenvalue weighted by Crippen LogP contribution is -2.27. The van der Waals surface area contributed by atoms with Crippen LogP contribution < -0.4 is 5.32 Å². The van der Waals surface area contributed by atoms with Crippen molar-refractivity contribution in [2.24, 2.45) is 5.92 Å². The minimum absolute atomic E-state index is 0.448. The lowest BCUT2D eigenvalue weighted by molar-refractivity contribution is 0.324. The molecule has 0 bridgehead atoms. The summed E-state index contributed by atoms with van der Waals surface area (Å²) < 4.78 is 1.89. The second-order valence-corrected chi connectivity index (χ2v) is 7.18. The van der Waals surface area contributed by atoms with Crippen LogP contribution in [0.5, 0.6) is 0 Å². The molecule has 1 unspecified atom stereocenters. The molecule has 4 heteroatoms. The predicted molar refractivity (Wildman–Crippen MR) is 86.8 cm³/mol. The SMILES string of the molecule is CCCC(CCC)C(NCC)c1cc(Br)c(Cl)s1. The van der Waals surface area contributed by atoms with E-state index in [1.54, 1.807) is 11.3 Å². The molecule has 0 aliphatic rings. The van der Waals surface area contributed by atoms with Gasteiger partial charge in [0, 0.05) is 15.4 Å². The minimum Gasteiger partial charge on any atom is -0.309 e. The van der Waals surface area contributed by atoms with Crippen molar-refractivity contribution in [3.05, 3.63) is 19.8 Å². The van der Waals surface area contributed by atoms with Gasteiger partial charge in [0.15, 0.2) is 0 Å². The molecule has 1 rings (SSSR count). The summed E-state index contributed by atoms with van der Waals surface area (Å²) in [6.07, 6.45) is 5.04. The highest BCUT2D eigenvalue weighted by Crippen LogP contribution is 2.39. The maximum absolute atomic E-state index is 6.18. The molecule has 18 heavy (non-hydrogen) atoms. The Balaban J connectivity index is 2.90.